The molecule has 3 aromatic rings. The molecule has 6 heteroatoms. The van der Waals surface area contributed by atoms with Gasteiger partial charge in [0.15, 0.2) is 5.13 Å². The number of carbonyl (C=O) groups is 1. The fraction of sp³-hybridized carbons (Fsp3) is 0.125. The minimum atomic E-state index is -0.317. The van der Waals surface area contributed by atoms with Crippen molar-refractivity contribution in [3.8, 4) is 5.75 Å². The Balaban J connectivity index is 1.75. The topological polar surface area (TPSA) is 51.2 Å². The van der Waals surface area contributed by atoms with E-state index in [2.05, 4.69) is 10.3 Å². The number of nitrogens with one attached hydrogen (secondary N) is 1. The van der Waals surface area contributed by atoms with E-state index in [-0.39, 0.29) is 18.1 Å². The zero-order valence-corrected chi connectivity index (χ0v) is 12.6. The van der Waals surface area contributed by atoms with Crippen LogP contribution in [0.25, 0.3) is 10.2 Å². The number of carbonyl (C=O) groups excluding carboxylic acids is 1. The number of benzene rings is 2. The number of ether oxygens (including phenoxy) is 1. The lowest BCUT2D eigenvalue weighted by Crippen LogP contribution is -2.14. The Morgan fingerprint density at radius 3 is 2.77 bits per heavy atom. The van der Waals surface area contributed by atoms with E-state index in [4.69, 9.17) is 4.74 Å². The van der Waals surface area contributed by atoms with Crippen LogP contribution in [-0.2, 0) is 11.2 Å². The van der Waals surface area contributed by atoms with Gasteiger partial charge in [-0.05, 0) is 29.8 Å². The third-order valence-electron chi connectivity index (χ3n) is 3.13. The van der Waals surface area contributed by atoms with Crippen molar-refractivity contribution < 1.29 is 13.9 Å². The number of methoxy groups -OCH3 is 1. The Morgan fingerprint density at radius 1 is 1.27 bits per heavy atom. The minimum Gasteiger partial charge on any atom is -0.494 e. The van der Waals surface area contributed by atoms with E-state index in [9.17, 15) is 9.18 Å². The molecule has 0 atom stereocenters. The smallest absolute Gasteiger partial charge is 0.230 e. The van der Waals surface area contributed by atoms with Gasteiger partial charge in [-0.3, -0.25) is 4.79 Å². The van der Waals surface area contributed by atoms with E-state index in [0.29, 0.717) is 10.9 Å². The Labute approximate surface area is 130 Å². The quantitative estimate of drug-likeness (QED) is 0.800. The highest BCUT2D eigenvalue weighted by Crippen LogP contribution is 2.32. The van der Waals surface area contributed by atoms with Crippen molar-refractivity contribution in [3.05, 3.63) is 53.8 Å². The number of fused-ring (bicyclic) bond motifs is 1. The summed E-state index contributed by atoms with van der Waals surface area (Å²) >= 11 is 1.39. The van der Waals surface area contributed by atoms with Crippen LogP contribution in [0.2, 0.25) is 0 Å². The molecule has 0 unspecified atom stereocenters. The lowest BCUT2D eigenvalue weighted by Gasteiger charge is -2.01. The third-order valence-corrected chi connectivity index (χ3v) is 4.06. The van der Waals surface area contributed by atoms with Gasteiger partial charge in [-0.25, -0.2) is 9.37 Å². The number of para-hydroxylation sites is 1. The van der Waals surface area contributed by atoms with E-state index in [1.54, 1.807) is 19.2 Å². The van der Waals surface area contributed by atoms with Crippen LogP contribution in [0.3, 0.4) is 0 Å². The average molecular weight is 316 g/mol. The van der Waals surface area contributed by atoms with Gasteiger partial charge in [0.25, 0.3) is 0 Å². The molecule has 1 amide bonds. The van der Waals surface area contributed by atoms with Gasteiger partial charge in [-0.15, -0.1) is 0 Å². The molecule has 3 rings (SSSR count). The minimum absolute atomic E-state index is 0.174. The molecule has 1 aromatic heterocycles. The van der Waals surface area contributed by atoms with Gasteiger partial charge in [0, 0.05) is 0 Å². The SMILES string of the molecule is COc1cccc2sc(NC(=O)Cc3ccc(F)cc3)nc12. The van der Waals surface area contributed by atoms with Crippen molar-refractivity contribution in [2.75, 3.05) is 12.4 Å². The van der Waals surface area contributed by atoms with Crippen LogP contribution < -0.4 is 10.1 Å². The van der Waals surface area contributed by atoms with Crippen LogP contribution in [0.1, 0.15) is 5.56 Å². The second-order valence-corrected chi connectivity index (χ2v) is 5.71. The molecule has 0 aliphatic heterocycles. The van der Waals surface area contributed by atoms with Crippen molar-refractivity contribution in [2.24, 2.45) is 0 Å². The van der Waals surface area contributed by atoms with E-state index in [0.717, 1.165) is 15.8 Å². The molecular formula is C16H13FN2O2S. The van der Waals surface area contributed by atoms with Crippen molar-refractivity contribution in [3.63, 3.8) is 0 Å². The monoisotopic (exact) mass is 316 g/mol. The number of rotatable bonds is 4. The molecule has 0 aliphatic carbocycles. The average Bonchev–Trinajstić information content (AvgIpc) is 2.91. The van der Waals surface area contributed by atoms with E-state index in [1.165, 1.54) is 23.5 Å². The van der Waals surface area contributed by atoms with Crippen LogP contribution in [0.4, 0.5) is 9.52 Å². The number of amides is 1. The van der Waals surface area contributed by atoms with E-state index in [1.807, 2.05) is 18.2 Å². The molecule has 0 bridgehead atoms. The fourth-order valence-corrected chi connectivity index (χ4v) is 2.99. The van der Waals surface area contributed by atoms with Crippen molar-refractivity contribution >= 4 is 32.6 Å². The first-order valence-electron chi connectivity index (χ1n) is 6.63. The summed E-state index contributed by atoms with van der Waals surface area (Å²) in [6.45, 7) is 0. The summed E-state index contributed by atoms with van der Waals surface area (Å²) in [6, 6.07) is 11.5. The summed E-state index contributed by atoms with van der Waals surface area (Å²) < 4.78 is 19.0. The van der Waals surface area contributed by atoms with Gasteiger partial charge in [-0.1, -0.05) is 29.5 Å². The van der Waals surface area contributed by atoms with Gasteiger partial charge in [0.1, 0.15) is 17.1 Å². The first-order chi connectivity index (χ1) is 10.7. The van der Waals surface area contributed by atoms with E-state index >= 15 is 0 Å². The molecule has 22 heavy (non-hydrogen) atoms. The van der Waals surface area contributed by atoms with Gasteiger partial charge < -0.3 is 10.1 Å². The number of aromatic nitrogens is 1. The van der Waals surface area contributed by atoms with Crippen LogP contribution in [-0.4, -0.2) is 18.0 Å². The maximum atomic E-state index is 12.8. The highest BCUT2D eigenvalue weighted by molar-refractivity contribution is 7.22. The zero-order valence-electron chi connectivity index (χ0n) is 11.8. The normalized spacial score (nSPS) is 10.6. The Bertz CT molecular complexity index is 815. The van der Waals surface area contributed by atoms with E-state index < -0.39 is 0 Å². The van der Waals surface area contributed by atoms with Crippen LogP contribution >= 0.6 is 11.3 Å². The Kier molecular flexibility index (Phi) is 4.02. The van der Waals surface area contributed by atoms with Crippen molar-refractivity contribution in [1.29, 1.82) is 0 Å². The zero-order chi connectivity index (χ0) is 15.5. The molecule has 0 aliphatic rings. The Hall–Kier alpha value is -2.47. The Morgan fingerprint density at radius 2 is 2.05 bits per heavy atom. The maximum absolute atomic E-state index is 12.8. The molecule has 0 radical (unpaired) electrons. The molecule has 4 nitrogen and oxygen atoms in total. The van der Waals surface area contributed by atoms with Gasteiger partial charge in [0.2, 0.25) is 5.91 Å². The number of hydrogen-bond donors (Lipinski definition) is 1. The first-order valence-corrected chi connectivity index (χ1v) is 7.45. The molecule has 0 saturated carbocycles. The number of thiazole rings is 1. The molecule has 2 aromatic carbocycles. The van der Waals surface area contributed by atoms with Gasteiger partial charge in [0.05, 0.1) is 18.2 Å². The van der Waals surface area contributed by atoms with Crippen LogP contribution in [0.15, 0.2) is 42.5 Å². The number of halogens is 1. The summed E-state index contributed by atoms with van der Waals surface area (Å²) in [5, 5.41) is 3.28. The summed E-state index contributed by atoms with van der Waals surface area (Å²) in [6.07, 6.45) is 0.174. The van der Waals surface area contributed by atoms with Crippen LogP contribution in [0.5, 0.6) is 5.75 Å². The summed E-state index contributed by atoms with van der Waals surface area (Å²) in [5.74, 6) is 0.167. The van der Waals surface area contributed by atoms with Crippen molar-refractivity contribution in [2.45, 2.75) is 6.42 Å². The molecule has 0 fully saturated rings. The largest absolute Gasteiger partial charge is 0.494 e. The first kappa shape index (κ1) is 14.5. The van der Waals surface area contributed by atoms with Gasteiger partial charge >= 0.3 is 0 Å². The lowest BCUT2D eigenvalue weighted by atomic mass is 10.1. The lowest BCUT2D eigenvalue weighted by molar-refractivity contribution is -0.115. The molecule has 1 heterocycles. The standard InChI is InChI=1S/C16H13FN2O2S/c1-21-12-3-2-4-13-15(12)19-16(22-13)18-14(20)9-10-5-7-11(17)8-6-10/h2-8H,9H2,1H3,(H,18,19,20). The second kappa shape index (κ2) is 6.11. The fourth-order valence-electron chi connectivity index (χ4n) is 2.09. The molecule has 112 valence electrons. The summed E-state index contributed by atoms with van der Waals surface area (Å²) in [5.41, 5.74) is 1.48. The highest BCUT2D eigenvalue weighted by Gasteiger charge is 2.11. The summed E-state index contributed by atoms with van der Waals surface area (Å²) in [4.78, 5) is 16.4. The number of hydrogen-bond acceptors (Lipinski definition) is 4. The number of nitrogens with zero attached hydrogens (tertiary/aromatic N) is 1. The molecule has 0 spiro atoms. The molecular weight excluding hydrogens is 303 g/mol. The summed E-state index contributed by atoms with van der Waals surface area (Å²) in [7, 11) is 1.58. The van der Waals surface area contributed by atoms with Crippen molar-refractivity contribution in [1.82, 2.24) is 4.98 Å². The molecule has 0 saturated heterocycles. The molecule has 1 N–H and O–H groups in total. The highest BCUT2D eigenvalue weighted by atomic mass is 32.1. The predicted molar refractivity (Wildman–Crippen MR) is 84.9 cm³/mol. The predicted octanol–water partition coefficient (Wildman–Crippen LogP) is 3.63. The maximum Gasteiger partial charge on any atom is 0.230 e. The van der Waals surface area contributed by atoms with Crippen LogP contribution in [0, 0.1) is 5.82 Å². The third kappa shape index (κ3) is 3.07. The number of anilines is 1. The second-order valence-electron chi connectivity index (χ2n) is 4.68. The van der Waals surface area contributed by atoms with Gasteiger partial charge in [-0.2, -0.15) is 0 Å².